The van der Waals surface area contributed by atoms with Gasteiger partial charge in [-0.2, -0.15) is 5.10 Å². The number of benzene rings is 1. The lowest BCUT2D eigenvalue weighted by Crippen LogP contribution is -2.52. The monoisotopic (exact) mass is 333 g/mol. The Morgan fingerprint density at radius 1 is 1.30 bits per heavy atom. The molecular weight excluding hydrogens is 314 g/mol. The maximum Gasteiger partial charge on any atom is 0.189 e. The standard InChI is InChI=1S/C17H20ClN3O2/c1-16(2,3)17(23,10-21-12-19-11-20-21)15(22)9-6-13-4-7-14(18)8-5-13/h4-9,11-12,23H,10H2,1-3H3/b9-6+. The fourth-order valence-corrected chi connectivity index (χ4v) is 2.24. The van der Waals surface area contributed by atoms with Gasteiger partial charge in [-0.25, -0.2) is 9.67 Å². The van der Waals surface area contributed by atoms with Crippen LogP contribution < -0.4 is 0 Å². The number of nitrogens with zero attached hydrogens (tertiary/aromatic N) is 3. The normalized spacial score (nSPS) is 14.8. The minimum Gasteiger partial charge on any atom is -0.379 e. The van der Waals surface area contributed by atoms with E-state index >= 15 is 0 Å². The molecule has 1 heterocycles. The highest BCUT2D eigenvalue weighted by Crippen LogP contribution is 2.33. The summed E-state index contributed by atoms with van der Waals surface area (Å²) in [5, 5.41) is 15.6. The Kier molecular flexibility index (Phi) is 5.02. The van der Waals surface area contributed by atoms with Crippen LogP contribution in [0.5, 0.6) is 0 Å². The number of halogens is 1. The highest BCUT2D eigenvalue weighted by Gasteiger charge is 2.46. The molecule has 0 aliphatic heterocycles. The second-order valence-electron chi connectivity index (χ2n) is 6.45. The first kappa shape index (κ1) is 17.4. The number of carbonyl (C=O) groups excluding carboxylic acids is 1. The Morgan fingerprint density at radius 2 is 1.96 bits per heavy atom. The molecule has 0 amide bonds. The van der Waals surface area contributed by atoms with Gasteiger partial charge >= 0.3 is 0 Å². The predicted molar refractivity (Wildman–Crippen MR) is 89.9 cm³/mol. The Hall–Kier alpha value is -1.98. The van der Waals surface area contributed by atoms with Crippen LogP contribution in [0, 0.1) is 5.41 Å². The van der Waals surface area contributed by atoms with Gasteiger partial charge in [-0.3, -0.25) is 4.79 Å². The summed E-state index contributed by atoms with van der Waals surface area (Å²) in [5.74, 6) is -0.379. The second-order valence-corrected chi connectivity index (χ2v) is 6.89. The minimum atomic E-state index is -1.59. The van der Waals surface area contributed by atoms with E-state index in [-0.39, 0.29) is 12.3 Å². The van der Waals surface area contributed by atoms with Crippen LogP contribution in [0.1, 0.15) is 26.3 Å². The van der Waals surface area contributed by atoms with Crippen molar-refractivity contribution < 1.29 is 9.90 Å². The second kappa shape index (κ2) is 6.64. The number of carbonyl (C=O) groups is 1. The third-order valence-electron chi connectivity index (χ3n) is 3.80. The Labute approximate surface area is 140 Å². The van der Waals surface area contributed by atoms with Gasteiger partial charge in [0.25, 0.3) is 0 Å². The van der Waals surface area contributed by atoms with Crippen LogP contribution >= 0.6 is 11.6 Å². The van der Waals surface area contributed by atoms with Gasteiger partial charge in [-0.05, 0) is 23.8 Å². The zero-order valence-corrected chi connectivity index (χ0v) is 14.2. The number of hydrogen-bond acceptors (Lipinski definition) is 4. The molecule has 0 bridgehead atoms. The van der Waals surface area contributed by atoms with Crippen LogP contribution in [-0.2, 0) is 11.3 Å². The van der Waals surface area contributed by atoms with Crippen LogP contribution in [0.4, 0.5) is 0 Å². The van der Waals surface area contributed by atoms with E-state index in [4.69, 9.17) is 11.6 Å². The topological polar surface area (TPSA) is 68.0 Å². The maximum absolute atomic E-state index is 12.7. The molecule has 0 saturated heterocycles. The molecule has 0 radical (unpaired) electrons. The molecular formula is C17H20ClN3O2. The molecule has 122 valence electrons. The Morgan fingerprint density at radius 3 is 2.48 bits per heavy atom. The van der Waals surface area contributed by atoms with E-state index in [9.17, 15) is 9.90 Å². The van der Waals surface area contributed by atoms with Crippen molar-refractivity contribution >= 4 is 23.5 Å². The van der Waals surface area contributed by atoms with Gasteiger partial charge in [-0.15, -0.1) is 0 Å². The van der Waals surface area contributed by atoms with Gasteiger partial charge in [0.2, 0.25) is 0 Å². The molecule has 1 aromatic heterocycles. The van der Waals surface area contributed by atoms with Crippen LogP contribution in [0.2, 0.25) is 5.02 Å². The lowest BCUT2D eigenvalue weighted by Gasteiger charge is -2.37. The van der Waals surface area contributed by atoms with Crippen molar-refractivity contribution in [3.05, 3.63) is 53.6 Å². The molecule has 1 N–H and O–H groups in total. The van der Waals surface area contributed by atoms with Crippen molar-refractivity contribution in [2.75, 3.05) is 0 Å². The molecule has 1 unspecified atom stereocenters. The highest BCUT2D eigenvalue weighted by molar-refractivity contribution is 6.30. The van der Waals surface area contributed by atoms with E-state index in [1.54, 1.807) is 30.3 Å². The van der Waals surface area contributed by atoms with Gasteiger partial charge in [0.1, 0.15) is 12.7 Å². The summed E-state index contributed by atoms with van der Waals surface area (Å²) in [4.78, 5) is 16.5. The van der Waals surface area contributed by atoms with E-state index in [1.165, 1.54) is 23.4 Å². The van der Waals surface area contributed by atoms with Crippen LogP contribution in [0.3, 0.4) is 0 Å². The van der Waals surface area contributed by atoms with Gasteiger partial charge in [0, 0.05) is 10.4 Å². The zero-order valence-electron chi connectivity index (χ0n) is 13.4. The Balaban J connectivity index is 2.24. The molecule has 23 heavy (non-hydrogen) atoms. The maximum atomic E-state index is 12.7. The third-order valence-corrected chi connectivity index (χ3v) is 4.05. The fraction of sp³-hybridized carbons (Fsp3) is 0.353. The number of aromatic nitrogens is 3. The third kappa shape index (κ3) is 4.06. The average Bonchev–Trinajstić information content (AvgIpc) is 2.97. The van der Waals surface area contributed by atoms with Crippen molar-refractivity contribution in [2.24, 2.45) is 5.41 Å². The molecule has 6 heteroatoms. The van der Waals surface area contributed by atoms with Crippen LogP contribution in [0.25, 0.3) is 6.08 Å². The van der Waals surface area contributed by atoms with Crippen LogP contribution in [0.15, 0.2) is 43.0 Å². The molecule has 0 saturated carbocycles. The zero-order chi connectivity index (χ0) is 17.1. The van der Waals surface area contributed by atoms with Gasteiger partial charge in [-0.1, -0.05) is 50.6 Å². The predicted octanol–water partition coefficient (Wildman–Crippen LogP) is 2.99. The molecule has 5 nitrogen and oxygen atoms in total. The average molecular weight is 334 g/mol. The molecule has 0 aliphatic carbocycles. The quantitative estimate of drug-likeness (QED) is 0.854. The number of ketones is 1. The number of rotatable bonds is 5. The number of aliphatic hydroxyl groups is 1. The van der Waals surface area contributed by atoms with E-state index in [0.29, 0.717) is 5.02 Å². The van der Waals surface area contributed by atoms with Gasteiger partial charge in [0.05, 0.1) is 6.54 Å². The lowest BCUT2D eigenvalue weighted by molar-refractivity contribution is -0.147. The van der Waals surface area contributed by atoms with Crippen molar-refractivity contribution in [1.82, 2.24) is 14.8 Å². The summed E-state index contributed by atoms with van der Waals surface area (Å²) >= 11 is 5.84. The van der Waals surface area contributed by atoms with E-state index in [0.717, 1.165) is 5.56 Å². The molecule has 2 rings (SSSR count). The van der Waals surface area contributed by atoms with Crippen molar-refractivity contribution in [1.29, 1.82) is 0 Å². The van der Waals surface area contributed by atoms with Crippen molar-refractivity contribution in [3.63, 3.8) is 0 Å². The lowest BCUT2D eigenvalue weighted by atomic mass is 9.73. The van der Waals surface area contributed by atoms with E-state index in [1.807, 2.05) is 20.8 Å². The largest absolute Gasteiger partial charge is 0.379 e. The van der Waals surface area contributed by atoms with Crippen molar-refractivity contribution in [3.8, 4) is 0 Å². The highest BCUT2D eigenvalue weighted by atomic mass is 35.5. The molecule has 0 aliphatic rings. The first-order chi connectivity index (χ1) is 10.7. The Bertz CT molecular complexity index is 688. The van der Waals surface area contributed by atoms with Gasteiger partial charge < -0.3 is 5.11 Å². The number of hydrogen-bond donors (Lipinski definition) is 1. The summed E-state index contributed by atoms with van der Waals surface area (Å²) < 4.78 is 1.46. The van der Waals surface area contributed by atoms with E-state index in [2.05, 4.69) is 10.1 Å². The summed E-state index contributed by atoms with van der Waals surface area (Å²) in [6, 6.07) is 7.10. The van der Waals surface area contributed by atoms with Crippen molar-refractivity contribution in [2.45, 2.75) is 32.9 Å². The van der Waals surface area contributed by atoms with Gasteiger partial charge in [0.15, 0.2) is 11.4 Å². The first-order valence-electron chi connectivity index (χ1n) is 7.25. The minimum absolute atomic E-state index is 0.0420. The summed E-state index contributed by atoms with van der Waals surface area (Å²) in [6.07, 6.45) is 5.91. The SMILES string of the molecule is CC(C)(C)C(O)(Cn1cncn1)C(=O)/C=C/c1ccc(Cl)cc1. The first-order valence-corrected chi connectivity index (χ1v) is 7.63. The summed E-state index contributed by atoms with van der Waals surface area (Å²) in [6.45, 7) is 5.49. The summed E-state index contributed by atoms with van der Waals surface area (Å²) in [7, 11) is 0. The molecule has 0 fully saturated rings. The van der Waals surface area contributed by atoms with Crippen LogP contribution in [-0.4, -0.2) is 31.3 Å². The molecule has 2 aromatic rings. The van der Waals surface area contributed by atoms with E-state index < -0.39 is 11.0 Å². The summed E-state index contributed by atoms with van der Waals surface area (Å²) in [5.41, 5.74) is -1.43. The smallest absolute Gasteiger partial charge is 0.189 e. The molecule has 0 spiro atoms. The fourth-order valence-electron chi connectivity index (χ4n) is 2.12. The molecule has 1 atom stereocenters. The molecule has 1 aromatic carbocycles.